The standard InChI is InChI=1S/C11H12N4O3S/c1-2-9(10(17)18)19-11-12-13-14-15(11)7-3-5-8(16)6-4-7/h3-6,9,16H,2H2,1H3,(H,17,18). The fourth-order valence-corrected chi connectivity index (χ4v) is 2.29. The van der Waals surface area contributed by atoms with Crippen LogP contribution in [0, 0.1) is 0 Å². The molecule has 0 bridgehead atoms. The van der Waals surface area contributed by atoms with Gasteiger partial charge in [-0.15, -0.1) is 5.10 Å². The van der Waals surface area contributed by atoms with Gasteiger partial charge in [-0.1, -0.05) is 18.7 Å². The first-order valence-electron chi connectivity index (χ1n) is 5.59. The molecule has 1 aromatic heterocycles. The number of thioether (sulfide) groups is 1. The number of hydrogen-bond donors (Lipinski definition) is 2. The molecule has 2 aromatic rings. The van der Waals surface area contributed by atoms with Gasteiger partial charge in [0.15, 0.2) is 0 Å². The molecule has 1 atom stereocenters. The second-order valence-corrected chi connectivity index (χ2v) is 4.91. The normalized spacial score (nSPS) is 12.3. The van der Waals surface area contributed by atoms with Gasteiger partial charge in [0.2, 0.25) is 5.16 Å². The highest BCUT2D eigenvalue weighted by molar-refractivity contribution is 8.00. The molecular formula is C11H12N4O3S. The lowest BCUT2D eigenvalue weighted by Gasteiger charge is -2.09. The van der Waals surface area contributed by atoms with Crippen LogP contribution in [0.25, 0.3) is 5.69 Å². The zero-order valence-corrected chi connectivity index (χ0v) is 10.9. The summed E-state index contributed by atoms with van der Waals surface area (Å²) in [6.45, 7) is 1.79. The molecule has 19 heavy (non-hydrogen) atoms. The molecule has 0 amide bonds. The Morgan fingerprint density at radius 1 is 1.42 bits per heavy atom. The van der Waals surface area contributed by atoms with E-state index in [9.17, 15) is 9.90 Å². The second-order valence-electron chi connectivity index (χ2n) is 3.74. The monoisotopic (exact) mass is 280 g/mol. The van der Waals surface area contributed by atoms with Crippen LogP contribution in [0.1, 0.15) is 13.3 Å². The van der Waals surface area contributed by atoms with Crippen LogP contribution in [-0.2, 0) is 4.79 Å². The molecule has 0 fully saturated rings. The van der Waals surface area contributed by atoms with Crippen molar-refractivity contribution in [1.29, 1.82) is 0 Å². The number of aliphatic carboxylic acids is 1. The van der Waals surface area contributed by atoms with Crippen molar-refractivity contribution in [3.05, 3.63) is 24.3 Å². The topological polar surface area (TPSA) is 101 Å². The van der Waals surface area contributed by atoms with Crippen molar-refractivity contribution in [2.24, 2.45) is 0 Å². The summed E-state index contributed by atoms with van der Waals surface area (Å²) in [6, 6.07) is 6.33. The van der Waals surface area contributed by atoms with Gasteiger partial charge in [0, 0.05) is 0 Å². The van der Waals surface area contributed by atoms with Crippen LogP contribution in [0.4, 0.5) is 0 Å². The van der Waals surface area contributed by atoms with Crippen molar-refractivity contribution in [1.82, 2.24) is 20.2 Å². The van der Waals surface area contributed by atoms with E-state index in [-0.39, 0.29) is 5.75 Å². The van der Waals surface area contributed by atoms with Gasteiger partial charge in [-0.2, -0.15) is 4.68 Å². The Morgan fingerprint density at radius 2 is 2.11 bits per heavy atom. The minimum Gasteiger partial charge on any atom is -0.508 e. The van der Waals surface area contributed by atoms with Gasteiger partial charge in [-0.25, -0.2) is 0 Å². The van der Waals surface area contributed by atoms with E-state index in [2.05, 4.69) is 15.5 Å². The molecule has 0 aliphatic rings. The van der Waals surface area contributed by atoms with E-state index in [4.69, 9.17) is 5.11 Å². The smallest absolute Gasteiger partial charge is 0.317 e. The Balaban J connectivity index is 2.27. The highest BCUT2D eigenvalue weighted by Gasteiger charge is 2.20. The number of aromatic nitrogens is 4. The molecule has 2 rings (SSSR count). The second kappa shape index (κ2) is 5.70. The molecule has 1 aromatic carbocycles. The fraction of sp³-hybridized carbons (Fsp3) is 0.273. The highest BCUT2D eigenvalue weighted by Crippen LogP contribution is 2.25. The zero-order valence-electron chi connectivity index (χ0n) is 10.1. The van der Waals surface area contributed by atoms with Crippen molar-refractivity contribution >= 4 is 17.7 Å². The van der Waals surface area contributed by atoms with Gasteiger partial charge in [0.1, 0.15) is 11.0 Å². The number of hydrogen-bond acceptors (Lipinski definition) is 6. The SMILES string of the molecule is CCC(Sc1nnnn1-c1ccc(O)cc1)C(=O)O. The Hall–Kier alpha value is -2.09. The number of carboxylic acids is 1. The van der Waals surface area contributed by atoms with Crippen LogP contribution in [-0.4, -0.2) is 41.6 Å². The molecule has 0 spiro atoms. The summed E-state index contributed by atoms with van der Waals surface area (Å²) in [5.41, 5.74) is 0.658. The molecule has 0 saturated carbocycles. The molecule has 2 N–H and O–H groups in total. The van der Waals surface area contributed by atoms with E-state index in [1.165, 1.54) is 16.8 Å². The Bertz CT molecular complexity index is 570. The van der Waals surface area contributed by atoms with Crippen molar-refractivity contribution < 1.29 is 15.0 Å². The van der Waals surface area contributed by atoms with E-state index in [0.717, 1.165) is 11.8 Å². The number of phenols is 1. The van der Waals surface area contributed by atoms with E-state index in [1.54, 1.807) is 19.1 Å². The molecule has 1 unspecified atom stereocenters. The van der Waals surface area contributed by atoms with Crippen molar-refractivity contribution in [2.45, 2.75) is 23.8 Å². The van der Waals surface area contributed by atoms with Gasteiger partial charge >= 0.3 is 5.97 Å². The van der Waals surface area contributed by atoms with Gasteiger partial charge < -0.3 is 10.2 Å². The molecule has 0 radical (unpaired) electrons. The largest absolute Gasteiger partial charge is 0.508 e. The third-order valence-electron chi connectivity index (χ3n) is 2.43. The molecule has 7 nitrogen and oxygen atoms in total. The van der Waals surface area contributed by atoms with Crippen LogP contribution in [0.5, 0.6) is 5.75 Å². The fourth-order valence-electron chi connectivity index (χ4n) is 1.44. The summed E-state index contributed by atoms with van der Waals surface area (Å²) in [4.78, 5) is 11.0. The summed E-state index contributed by atoms with van der Waals surface area (Å²) in [5, 5.41) is 29.3. The Labute approximate surface area is 113 Å². The number of rotatable bonds is 5. The number of phenolic OH excluding ortho intramolecular Hbond substituents is 1. The minimum atomic E-state index is -0.896. The Kier molecular flexibility index (Phi) is 4.00. The minimum absolute atomic E-state index is 0.142. The van der Waals surface area contributed by atoms with Crippen LogP contribution in [0.3, 0.4) is 0 Å². The summed E-state index contributed by atoms with van der Waals surface area (Å²) < 4.78 is 1.44. The molecule has 100 valence electrons. The van der Waals surface area contributed by atoms with Crippen molar-refractivity contribution in [2.75, 3.05) is 0 Å². The van der Waals surface area contributed by atoms with Crippen LogP contribution >= 0.6 is 11.8 Å². The number of aromatic hydroxyl groups is 1. The lowest BCUT2D eigenvalue weighted by molar-refractivity contribution is -0.136. The maximum absolute atomic E-state index is 11.0. The first kappa shape index (κ1) is 13.3. The first-order valence-corrected chi connectivity index (χ1v) is 6.47. The van der Waals surface area contributed by atoms with E-state index in [1.807, 2.05) is 0 Å². The number of nitrogens with zero attached hydrogens (tertiary/aromatic N) is 4. The lowest BCUT2D eigenvalue weighted by Crippen LogP contribution is -2.16. The molecule has 0 saturated heterocycles. The summed E-state index contributed by atoms with van der Waals surface area (Å²) >= 11 is 1.09. The average Bonchev–Trinajstić information content (AvgIpc) is 2.84. The van der Waals surface area contributed by atoms with E-state index in [0.29, 0.717) is 17.3 Å². The number of carbonyl (C=O) groups is 1. The number of benzene rings is 1. The van der Waals surface area contributed by atoms with Gasteiger partial charge in [0.05, 0.1) is 5.69 Å². The summed E-state index contributed by atoms with van der Waals surface area (Å²) in [6.07, 6.45) is 0.475. The average molecular weight is 280 g/mol. The third kappa shape index (κ3) is 3.02. The maximum Gasteiger partial charge on any atom is 0.317 e. The van der Waals surface area contributed by atoms with Crippen LogP contribution in [0.15, 0.2) is 29.4 Å². The van der Waals surface area contributed by atoms with Crippen molar-refractivity contribution in [3.63, 3.8) is 0 Å². The molecule has 0 aliphatic carbocycles. The summed E-state index contributed by atoms with van der Waals surface area (Å²) in [5.74, 6) is -0.754. The predicted octanol–water partition coefficient (Wildman–Crippen LogP) is 1.32. The molecule has 8 heteroatoms. The number of tetrazole rings is 1. The number of carboxylic acid groups (broad SMARTS) is 1. The van der Waals surface area contributed by atoms with Crippen molar-refractivity contribution in [3.8, 4) is 11.4 Å². The van der Waals surface area contributed by atoms with E-state index < -0.39 is 11.2 Å². The molecule has 1 heterocycles. The van der Waals surface area contributed by atoms with Crippen LogP contribution < -0.4 is 0 Å². The third-order valence-corrected chi connectivity index (χ3v) is 3.71. The van der Waals surface area contributed by atoms with Gasteiger partial charge in [-0.3, -0.25) is 4.79 Å². The Morgan fingerprint density at radius 3 is 2.68 bits per heavy atom. The zero-order chi connectivity index (χ0) is 13.8. The molecule has 0 aliphatic heterocycles. The van der Waals surface area contributed by atoms with Crippen LogP contribution in [0.2, 0.25) is 0 Å². The predicted molar refractivity (Wildman–Crippen MR) is 68.4 cm³/mol. The highest BCUT2D eigenvalue weighted by atomic mass is 32.2. The van der Waals surface area contributed by atoms with Gasteiger partial charge in [0.25, 0.3) is 0 Å². The van der Waals surface area contributed by atoms with E-state index >= 15 is 0 Å². The lowest BCUT2D eigenvalue weighted by atomic mass is 10.3. The summed E-state index contributed by atoms with van der Waals surface area (Å²) in [7, 11) is 0. The maximum atomic E-state index is 11.0. The quantitative estimate of drug-likeness (QED) is 0.796. The van der Waals surface area contributed by atoms with Gasteiger partial charge in [-0.05, 0) is 41.1 Å². The molecular weight excluding hydrogens is 268 g/mol. The first-order chi connectivity index (χ1) is 9.11.